The molecule has 2 amide bonds. The van der Waals surface area contributed by atoms with Gasteiger partial charge in [0, 0.05) is 37.3 Å². The average Bonchev–Trinajstić information content (AvgIpc) is 2.74. The summed E-state index contributed by atoms with van der Waals surface area (Å²) >= 11 is 6.15. The Bertz CT molecular complexity index is 863. The molecule has 0 radical (unpaired) electrons. The lowest BCUT2D eigenvalue weighted by atomic mass is 10.1. The molecule has 0 saturated carbocycles. The molecule has 7 heteroatoms. The number of halogens is 1. The monoisotopic (exact) mass is 402 g/mol. The molecule has 0 aliphatic carbocycles. The fourth-order valence-electron chi connectivity index (χ4n) is 3.22. The number of rotatable bonds is 5. The van der Waals surface area contributed by atoms with E-state index in [0.29, 0.717) is 48.3 Å². The number of methoxy groups -OCH3 is 2. The van der Waals surface area contributed by atoms with Gasteiger partial charge in [-0.15, -0.1) is 0 Å². The first-order valence-corrected chi connectivity index (χ1v) is 9.43. The van der Waals surface area contributed by atoms with E-state index in [1.807, 2.05) is 18.2 Å². The molecule has 1 fully saturated rings. The Morgan fingerprint density at radius 2 is 1.64 bits per heavy atom. The van der Waals surface area contributed by atoms with E-state index in [9.17, 15) is 9.59 Å². The van der Waals surface area contributed by atoms with E-state index in [0.717, 1.165) is 5.56 Å². The van der Waals surface area contributed by atoms with E-state index in [2.05, 4.69) is 0 Å². The van der Waals surface area contributed by atoms with E-state index in [-0.39, 0.29) is 18.2 Å². The summed E-state index contributed by atoms with van der Waals surface area (Å²) < 4.78 is 10.5. The van der Waals surface area contributed by atoms with Crippen molar-refractivity contribution in [2.75, 3.05) is 40.4 Å². The zero-order valence-electron chi connectivity index (χ0n) is 16.0. The average molecular weight is 403 g/mol. The topological polar surface area (TPSA) is 59.1 Å². The van der Waals surface area contributed by atoms with Gasteiger partial charge >= 0.3 is 0 Å². The number of nitrogens with zero attached hydrogens (tertiary/aromatic N) is 2. The molecule has 1 heterocycles. The number of amides is 2. The van der Waals surface area contributed by atoms with Gasteiger partial charge in [-0.05, 0) is 23.8 Å². The van der Waals surface area contributed by atoms with E-state index >= 15 is 0 Å². The first-order chi connectivity index (χ1) is 13.5. The molecule has 0 spiro atoms. The first kappa shape index (κ1) is 20.0. The highest BCUT2D eigenvalue weighted by Crippen LogP contribution is 2.26. The lowest BCUT2D eigenvalue weighted by Gasteiger charge is -2.35. The van der Waals surface area contributed by atoms with Crippen molar-refractivity contribution in [1.82, 2.24) is 9.80 Å². The van der Waals surface area contributed by atoms with Crippen LogP contribution < -0.4 is 9.47 Å². The SMILES string of the molecule is COc1ccc(C(=O)N2CCN(C(=O)Cc3ccccc3Cl)CC2)c(OC)c1. The fraction of sp³-hybridized carbons (Fsp3) is 0.333. The third-order valence-electron chi connectivity index (χ3n) is 4.86. The maximum atomic E-state index is 12.9. The van der Waals surface area contributed by atoms with Gasteiger partial charge in [0.2, 0.25) is 5.91 Å². The molecule has 0 atom stereocenters. The number of carbonyl (C=O) groups excluding carboxylic acids is 2. The molecule has 3 rings (SSSR count). The Morgan fingerprint density at radius 1 is 0.964 bits per heavy atom. The van der Waals surface area contributed by atoms with Crippen LogP contribution in [0.25, 0.3) is 0 Å². The summed E-state index contributed by atoms with van der Waals surface area (Å²) in [4.78, 5) is 29.0. The Labute approximate surface area is 169 Å². The summed E-state index contributed by atoms with van der Waals surface area (Å²) in [6.45, 7) is 1.94. The van der Waals surface area contributed by atoms with Crippen molar-refractivity contribution < 1.29 is 19.1 Å². The van der Waals surface area contributed by atoms with E-state index < -0.39 is 0 Å². The van der Waals surface area contributed by atoms with Crippen LogP contribution in [0.2, 0.25) is 5.02 Å². The van der Waals surface area contributed by atoms with Gasteiger partial charge in [0.25, 0.3) is 5.91 Å². The van der Waals surface area contributed by atoms with Gasteiger partial charge < -0.3 is 19.3 Å². The fourth-order valence-corrected chi connectivity index (χ4v) is 3.42. The molecule has 0 N–H and O–H groups in total. The van der Waals surface area contributed by atoms with Gasteiger partial charge in [-0.3, -0.25) is 9.59 Å². The Hall–Kier alpha value is -2.73. The van der Waals surface area contributed by atoms with Gasteiger partial charge in [-0.1, -0.05) is 29.8 Å². The molecule has 1 saturated heterocycles. The summed E-state index contributed by atoms with van der Waals surface area (Å²) in [5.74, 6) is 1.00. The van der Waals surface area contributed by atoms with Crippen LogP contribution in [-0.4, -0.2) is 62.0 Å². The van der Waals surface area contributed by atoms with Gasteiger partial charge in [-0.25, -0.2) is 0 Å². The lowest BCUT2D eigenvalue weighted by Crippen LogP contribution is -2.51. The lowest BCUT2D eigenvalue weighted by molar-refractivity contribution is -0.131. The second kappa shape index (κ2) is 8.97. The summed E-state index contributed by atoms with van der Waals surface area (Å²) in [5, 5.41) is 0.594. The molecule has 0 aromatic heterocycles. The standard InChI is InChI=1S/C21H23ClN2O4/c1-27-16-7-8-17(19(14-16)28-2)21(26)24-11-9-23(10-12-24)20(25)13-15-5-3-4-6-18(15)22/h3-8,14H,9-13H2,1-2H3. The molecule has 1 aliphatic heterocycles. The van der Waals surface area contributed by atoms with E-state index in [1.54, 1.807) is 41.2 Å². The number of hydrogen-bond acceptors (Lipinski definition) is 4. The molecular weight excluding hydrogens is 380 g/mol. The highest BCUT2D eigenvalue weighted by Gasteiger charge is 2.26. The molecule has 0 unspecified atom stereocenters. The number of piperazine rings is 1. The number of ether oxygens (including phenoxy) is 2. The maximum absolute atomic E-state index is 12.9. The van der Waals surface area contributed by atoms with Crippen LogP contribution in [0.4, 0.5) is 0 Å². The van der Waals surface area contributed by atoms with Crippen molar-refractivity contribution in [1.29, 1.82) is 0 Å². The molecule has 28 heavy (non-hydrogen) atoms. The largest absolute Gasteiger partial charge is 0.497 e. The van der Waals surface area contributed by atoms with Crippen LogP contribution in [0.5, 0.6) is 11.5 Å². The highest BCUT2D eigenvalue weighted by atomic mass is 35.5. The first-order valence-electron chi connectivity index (χ1n) is 9.06. The zero-order chi connectivity index (χ0) is 20.1. The van der Waals surface area contributed by atoms with Crippen molar-refractivity contribution in [3.05, 3.63) is 58.6 Å². The molecule has 1 aliphatic rings. The molecule has 2 aromatic rings. The second-order valence-electron chi connectivity index (χ2n) is 6.51. The van der Waals surface area contributed by atoms with Gasteiger partial charge in [0.05, 0.1) is 26.2 Å². The Balaban J connectivity index is 1.61. The third kappa shape index (κ3) is 4.39. The predicted molar refractivity (Wildman–Crippen MR) is 107 cm³/mol. The maximum Gasteiger partial charge on any atom is 0.257 e. The van der Waals surface area contributed by atoms with Gasteiger partial charge in [0.15, 0.2) is 0 Å². The molecule has 0 bridgehead atoms. The molecule has 6 nitrogen and oxygen atoms in total. The van der Waals surface area contributed by atoms with E-state index in [4.69, 9.17) is 21.1 Å². The van der Waals surface area contributed by atoms with Crippen LogP contribution in [0.15, 0.2) is 42.5 Å². The van der Waals surface area contributed by atoms with Crippen LogP contribution in [0.3, 0.4) is 0 Å². The molecule has 2 aromatic carbocycles. The summed E-state index contributed by atoms with van der Waals surface area (Å²) in [5.41, 5.74) is 1.30. The van der Waals surface area contributed by atoms with Gasteiger partial charge in [0.1, 0.15) is 11.5 Å². The zero-order valence-corrected chi connectivity index (χ0v) is 16.7. The smallest absolute Gasteiger partial charge is 0.257 e. The Kier molecular flexibility index (Phi) is 6.41. The molecule has 148 valence electrons. The highest BCUT2D eigenvalue weighted by molar-refractivity contribution is 6.31. The summed E-state index contributed by atoms with van der Waals surface area (Å²) in [6.07, 6.45) is 0.264. The number of carbonyl (C=O) groups is 2. The summed E-state index contributed by atoms with van der Waals surface area (Å²) in [6, 6.07) is 12.5. The van der Waals surface area contributed by atoms with Crippen molar-refractivity contribution in [3.8, 4) is 11.5 Å². The van der Waals surface area contributed by atoms with Crippen LogP contribution in [0.1, 0.15) is 15.9 Å². The van der Waals surface area contributed by atoms with Crippen LogP contribution in [-0.2, 0) is 11.2 Å². The van der Waals surface area contributed by atoms with Crippen molar-refractivity contribution in [2.24, 2.45) is 0 Å². The van der Waals surface area contributed by atoms with E-state index in [1.165, 1.54) is 7.11 Å². The quantitative estimate of drug-likeness (QED) is 0.771. The van der Waals surface area contributed by atoms with Gasteiger partial charge in [-0.2, -0.15) is 0 Å². The summed E-state index contributed by atoms with van der Waals surface area (Å²) in [7, 11) is 3.09. The normalized spacial score (nSPS) is 14.0. The minimum Gasteiger partial charge on any atom is -0.497 e. The van der Waals surface area contributed by atoms with Crippen LogP contribution in [0, 0.1) is 0 Å². The van der Waals surface area contributed by atoms with Crippen molar-refractivity contribution >= 4 is 23.4 Å². The predicted octanol–water partition coefficient (Wildman–Crippen LogP) is 2.88. The minimum absolute atomic E-state index is 0.0160. The second-order valence-corrected chi connectivity index (χ2v) is 6.91. The van der Waals surface area contributed by atoms with Crippen LogP contribution >= 0.6 is 11.6 Å². The molecular formula is C21H23ClN2O4. The van der Waals surface area contributed by atoms with Crippen molar-refractivity contribution in [2.45, 2.75) is 6.42 Å². The number of hydrogen-bond donors (Lipinski definition) is 0. The minimum atomic E-state index is -0.113. The number of benzene rings is 2. The third-order valence-corrected chi connectivity index (χ3v) is 5.23. The Morgan fingerprint density at radius 3 is 2.29 bits per heavy atom. The van der Waals surface area contributed by atoms with Crippen molar-refractivity contribution in [3.63, 3.8) is 0 Å².